The Hall–Kier alpha value is -3.24. The van der Waals surface area contributed by atoms with Gasteiger partial charge in [-0.15, -0.1) is 0 Å². The number of likely N-dealkylation sites (tertiary alicyclic amines) is 1. The van der Waals surface area contributed by atoms with E-state index >= 15 is 0 Å². The molecule has 7 heteroatoms. The molecule has 2 atom stereocenters. The number of nitriles is 1. The van der Waals surface area contributed by atoms with E-state index in [0.29, 0.717) is 18.3 Å². The number of carbonyl (C=O) groups is 1. The van der Waals surface area contributed by atoms with E-state index < -0.39 is 6.09 Å². The summed E-state index contributed by atoms with van der Waals surface area (Å²) in [6.45, 7) is 7.62. The van der Waals surface area contributed by atoms with Crippen LogP contribution < -0.4 is 15.0 Å². The lowest BCUT2D eigenvalue weighted by atomic mass is 9.87. The van der Waals surface area contributed by atoms with Crippen LogP contribution in [0.4, 0.5) is 16.2 Å². The monoisotopic (exact) mass is 488 g/mol. The Morgan fingerprint density at radius 2 is 1.86 bits per heavy atom. The van der Waals surface area contributed by atoms with Crippen molar-refractivity contribution in [3.8, 4) is 11.8 Å². The predicted molar refractivity (Wildman–Crippen MR) is 141 cm³/mol. The number of carbonyl (C=O) groups excluding carboxylic acids is 1. The van der Waals surface area contributed by atoms with Crippen molar-refractivity contribution in [2.45, 2.75) is 70.1 Å². The van der Waals surface area contributed by atoms with Crippen LogP contribution in [0.2, 0.25) is 0 Å². The molecule has 36 heavy (non-hydrogen) atoms. The van der Waals surface area contributed by atoms with Gasteiger partial charge in [0.05, 0.1) is 24.1 Å². The minimum Gasteiger partial charge on any atom is -0.492 e. The maximum atomic E-state index is 12.0. The molecule has 1 amide bonds. The van der Waals surface area contributed by atoms with Gasteiger partial charge in [0.2, 0.25) is 0 Å². The standard InChI is InChI=1S/C29H36N4O3/c1-20(2)36-29(34)31-22-10-8-21(9-11-22)28-26(19-30)25-13-12-24(35-17-16-32-14-3-4-15-32)18-27(25)33(28)23-6-5-7-23/h8-13,18,20,23,26,28H,3-7,14-17H2,1-2H3,(H,31,34). The fourth-order valence-corrected chi connectivity index (χ4v) is 5.59. The average molecular weight is 489 g/mol. The summed E-state index contributed by atoms with van der Waals surface area (Å²) >= 11 is 0. The molecule has 2 aromatic carbocycles. The lowest BCUT2D eigenvalue weighted by molar-refractivity contribution is 0.130. The first kappa shape index (κ1) is 24.5. The number of hydrogen-bond donors (Lipinski definition) is 1. The number of amides is 1. The number of anilines is 2. The zero-order valence-corrected chi connectivity index (χ0v) is 21.3. The summed E-state index contributed by atoms with van der Waals surface area (Å²) in [4.78, 5) is 16.9. The molecule has 0 aromatic heterocycles. The number of nitrogens with zero attached hydrogens (tertiary/aromatic N) is 3. The van der Waals surface area contributed by atoms with Crippen molar-refractivity contribution >= 4 is 17.5 Å². The molecular formula is C29H36N4O3. The van der Waals surface area contributed by atoms with E-state index in [1.54, 1.807) is 0 Å². The number of ether oxygens (including phenoxy) is 2. The van der Waals surface area contributed by atoms with Crippen molar-refractivity contribution in [2.24, 2.45) is 0 Å². The largest absolute Gasteiger partial charge is 0.492 e. The molecule has 7 nitrogen and oxygen atoms in total. The second kappa shape index (κ2) is 10.8. The van der Waals surface area contributed by atoms with Gasteiger partial charge in [0.1, 0.15) is 12.4 Å². The fraction of sp³-hybridized carbons (Fsp3) is 0.517. The van der Waals surface area contributed by atoms with Crippen molar-refractivity contribution < 1.29 is 14.3 Å². The van der Waals surface area contributed by atoms with Gasteiger partial charge in [-0.3, -0.25) is 10.2 Å². The molecule has 0 bridgehead atoms. The molecular weight excluding hydrogens is 452 g/mol. The van der Waals surface area contributed by atoms with E-state index in [1.807, 2.05) is 44.2 Å². The first-order valence-corrected chi connectivity index (χ1v) is 13.3. The fourth-order valence-electron chi connectivity index (χ4n) is 5.59. The highest BCUT2D eigenvalue weighted by Gasteiger charge is 2.44. The molecule has 2 heterocycles. The predicted octanol–water partition coefficient (Wildman–Crippen LogP) is 5.84. The number of rotatable bonds is 8. The van der Waals surface area contributed by atoms with Gasteiger partial charge < -0.3 is 14.4 Å². The maximum Gasteiger partial charge on any atom is 0.411 e. The van der Waals surface area contributed by atoms with Crippen molar-refractivity contribution in [2.75, 3.05) is 36.5 Å². The highest BCUT2D eigenvalue weighted by Crippen LogP contribution is 2.53. The Balaban J connectivity index is 1.35. The molecule has 0 radical (unpaired) electrons. The zero-order chi connectivity index (χ0) is 25.1. The summed E-state index contributed by atoms with van der Waals surface area (Å²) < 4.78 is 11.3. The first-order chi connectivity index (χ1) is 17.5. The molecule has 2 aliphatic heterocycles. The molecule has 1 N–H and O–H groups in total. The van der Waals surface area contributed by atoms with Gasteiger partial charge in [-0.1, -0.05) is 18.2 Å². The number of nitrogens with one attached hydrogen (secondary N) is 1. The van der Waals surface area contributed by atoms with Crippen LogP contribution in [0.25, 0.3) is 0 Å². The van der Waals surface area contributed by atoms with Crippen LogP contribution in [0.1, 0.15) is 69.0 Å². The number of fused-ring (bicyclic) bond motifs is 1. The van der Waals surface area contributed by atoms with Gasteiger partial charge in [-0.2, -0.15) is 5.26 Å². The third-order valence-electron chi connectivity index (χ3n) is 7.55. The molecule has 2 unspecified atom stereocenters. The normalized spacial score (nSPS) is 21.7. The molecule has 5 rings (SSSR count). The molecule has 1 aliphatic carbocycles. The van der Waals surface area contributed by atoms with Gasteiger partial charge >= 0.3 is 6.09 Å². The summed E-state index contributed by atoms with van der Waals surface area (Å²) in [5.41, 5.74) is 3.95. The Kier molecular flexibility index (Phi) is 7.33. The Labute approximate surface area is 214 Å². The average Bonchev–Trinajstić information content (AvgIpc) is 3.44. The van der Waals surface area contributed by atoms with Crippen LogP contribution in [0, 0.1) is 11.3 Å². The summed E-state index contributed by atoms with van der Waals surface area (Å²) in [5, 5.41) is 13.0. The highest BCUT2D eigenvalue weighted by atomic mass is 16.6. The lowest BCUT2D eigenvalue weighted by Gasteiger charge is -2.41. The van der Waals surface area contributed by atoms with Crippen molar-refractivity contribution in [1.29, 1.82) is 5.26 Å². The quantitative estimate of drug-likeness (QED) is 0.503. The van der Waals surface area contributed by atoms with E-state index in [4.69, 9.17) is 9.47 Å². The van der Waals surface area contributed by atoms with Gasteiger partial charge in [0.25, 0.3) is 0 Å². The van der Waals surface area contributed by atoms with E-state index in [9.17, 15) is 10.1 Å². The zero-order valence-electron chi connectivity index (χ0n) is 21.3. The molecule has 190 valence electrons. The van der Waals surface area contributed by atoms with Crippen LogP contribution in [0.15, 0.2) is 42.5 Å². The smallest absolute Gasteiger partial charge is 0.411 e. The summed E-state index contributed by atoms with van der Waals surface area (Å²) in [7, 11) is 0. The first-order valence-electron chi connectivity index (χ1n) is 13.3. The topological polar surface area (TPSA) is 77.8 Å². The van der Waals surface area contributed by atoms with Gasteiger partial charge in [0, 0.05) is 30.0 Å². The molecule has 2 fully saturated rings. The number of benzene rings is 2. The second-order valence-electron chi connectivity index (χ2n) is 10.4. The summed E-state index contributed by atoms with van der Waals surface area (Å²) in [5.74, 6) is 0.613. The second-order valence-corrected chi connectivity index (χ2v) is 10.4. The molecule has 3 aliphatic rings. The Morgan fingerprint density at radius 3 is 2.50 bits per heavy atom. The van der Waals surface area contributed by atoms with Gasteiger partial charge in [-0.25, -0.2) is 4.79 Å². The third kappa shape index (κ3) is 5.15. The molecule has 2 aromatic rings. The van der Waals surface area contributed by atoms with Crippen LogP contribution in [0.3, 0.4) is 0 Å². The minimum absolute atomic E-state index is 0.0631. The van der Waals surface area contributed by atoms with Crippen molar-refractivity contribution in [3.05, 3.63) is 53.6 Å². The summed E-state index contributed by atoms with van der Waals surface area (Å²) in [6.07, 6.45) is 5.41. The van der Waals surface area contributed by atoms with Crippen LogP contribution >= 0.6 is 0 Å². The summed E-state index contributed by atoms with van der Waals surface area (Å²) in [6, 6.07) is 17.0. The van der Waals surface area contributed by atoms with E-state index in [2.05, 4.69) is 33.3 Å². The molecule has 1 saturated carbocycles. The van der Waals surface area contributed by atoms with Crippen LogP contribution in [0.5, 0.6) is 5.75 Å². The Bertz CT molecular complexity index is 1100. The Morgan fingerprint density at radius 1 is 1.11 bits per heavy atom. The molecule has 0 spiro atoms. The maximum absolute atomic E-state index is 12.0. The van der Waals surface area contributed by atoms with Crippen LogP contribution in [-0.4, -0.2) is 49.4 Å². The third-order valence-corrected chi connectivity index (χ3v) is 7.55. The SMILES string of the molecule is CC(C)OC(=O)Nc1ccc(C2C(C#N)c3ccc(OCCN4CCCC4)cc3N2C2CCC2)cc1. The van der Waals surface area contributed by atoms with E-state index in [-0.39, 0.29) is 18.1 Å². The van der Waals surface area contributed by atoms with Crippen LogP contribution in [-0.2, 0) is 4.74 Å². The van der Waals surface area contributed by atoms with E-state index in [1.165, 1.54) is 32.4 Å². The number of hydrogen-bond acceptors (Lipinski definition) is 6. The van der Waals surface area contributed by atoms with E-state index in [0.717, 1.165) is 42.0 Å². The van der Waals surface area contributed by atoms with Crippen molar-refractivity contribution in [3.63, 3.8) is 0 Å². The molecule has 1 saturated heterocycles. The minimum atomic E-state index is -0.464. The van der Waals surface area contributed by atoms with Gasteiger partial charge in [0.15, 0.2) is 0 Å². The van der Waals surface area contributed by atoms with Crippen molar-refractivity contribution in [1.82, 2.24) is 4.90 Å². The highest BCUT2D eigenvalue weighted by molar-refractivity contribution is 5.84. The van der Waals surface area contributed by atoms with Gasteiger partial charge in [-0.05, 0) is 88.4 Å². The lowest BCUT2D eigenvalue weighted by Crippen LogP contribution is -2.41.